The third-order valence-corrected chi connectivity index (χ3v) is 4.14. The molecule has 0 saturated carbocycles. The van der Waals surface area contributed by atoms with Crippen LogP contribution in [0.4, 0.5) is 10.1 Å². The maximum absolute atomic E-state index is 13.4. The van der Waals surface area contributed by atoms with Crippen LogP contribution in [0.3, 0.4) is 0 Å². The van der Waals surface area contributed by atoms with Gasteiger partial charge < -0.3 is 4.90 Å². The van der Waals surface area contributed by atoms with Crippen LogP contribution in [0.1, 0.15) is 36.6 Å². The van der Waals surface area contributed by atoms with E-state index in [0.29, 0.717) is 0 Å². The number of halogens is 1. The summed E-state index contributed by atoms with van der Waals surface area (Å²) in [7, 11) is 0. The Balaban J connectivity index is 2.07. The average molecular weight is 270 g/mol. The first-order valence-electron chi connectivity index (χ1n) is 7.20. The van der Waals surface area contributed by atoms with Crippen molar-refractivity contribution in [3.8, 4) is 0 Å². The van der Waals surface area contributed by atoms with Crippen molar-refractivity contribution in [2.45, 2.75) is 26.7 Å². The predicted molar refractivity (Wildman–Crippen MR) is 81.2 cm³/mol. The lowest BCUT2D eigenvalue weighted by atomic mass is 9.97. The molecule has 1 saturated heterocycles. The predicted octanol–water partition coefficient (Wildman–Crippen LogP) is 4.12. The zero-order valence-corrected chi connectivity index (χ0v) is 12.0. The van der Waals surface area contributed by atoms with Crippen LogP contribution in [0.5, 0.6) is 0 Å². The standard InChI is InChI=1S/C17H19FN2/c1-12-7-9-20(10-8-12)17-13(2)11-19-16-6-4-14(18)3-5-15(16)17/h4-6,11-12H,7-10H2,1-2H3. The van der Waals surface area contributed by atoms with Gasteiger partial charge in [-0.2, -0.15) is 4.39 Å². The van der Waals surface area contributed by atoms with E-state index in [1.807, 2.05) is 6.20 Å². The van der Waals surface area contributed by atoms with Crippen molar-refractivity contribution in [1.82, 2.24) is 4.98 Å². The van der Waals surface area contributed by atoms with Gasteiger partial charge in [0.15, 0.2) is 5.83 Å². The molecule has 20 heavy (non-hydrogen) atoms. The van der Waals surface area contributed by atoms with Crippen LogP contribution < -0.4 is 4.90 Å². The van der Waals surface area contributed by atoms with Gasteiger partial charge in [0.25, 0.3) is 0 Å². The number of pyridine rings is 1. The highest BCUT2D eigenvalue weighted by atomic mass is 19.1. The Morgan fingerprint density at radius 3 is 2.80 bits per heavy atom. The van der Waals surface area contributed by atoms with Gasteiger partial charge in [-0.05, 0) is 49.5 Å². The van der Waals surface area contributed by atoms with Gasteiger partial charge in [-0.1, -0.05) is 12.7 Å². The molecule has 1 aromatic heterocycles. The van der Waals surface area contributed by atoms with Gasteiger partial charge in [-0.3, -0.25) is 4.98 Å². The summed E-state index contributed by atoms with van der Waals surface area (Å²) in [5.41, 5.74) is 6.83. The lowest BCUT2D eigenvalue weighted by Crippen LogP contribution is -2.34. The zero-order chi connectivity index (χ0) is 14.1. The fraction of sp³-hybridized carbons (Fsp3) is 0.412. The van der Waals surface area contributed by atoms with Crippen molar-refractivity contribution in [3.05, 3.63) is 40.7 Å². The van der Waals surface area contributed by atoms with Crippen molar-refractivity contribution in [1.29, 1.82) is 0 Å². The highest BCUT2D eigenvalue weighted by Crippen LogP contribution is 2.32. The quantitative estimate of drug-likeness (QED) is 0.714. The van der Waals surface area contributed by atoms with Crippen LogP contribution in [0.2, 0.25) is 0 Å². The maximum Gasteiger partial charge on any atom is 0.165 e. The van der Waals surface area contributed by atoms with Gasteiger partial charge in [-0.25, -0.2) is 0 Å². The summed E-state index contributed by atoms with van der Waals surface area (Å²) in [6.45, 7) is 6.49. The van der Waals surface area contributed by atoms with Gasteiger partial charge in [0.2, 0.25) is 0 Å². The Hall–Kier alpha value is -1.86. The summed E-state index contributed by atoms with van der Waals surface area (Å²) >= 11 is 0. The number of hydrogen-bond acceptors (Lipinski definition) is 2. The fourth-order valence-corrected chi connectivity index (χ4v) is 2.90. The molecule has 2 aliphatic rings. The molecule has 0 N–H and O–H groups in total. The van der Waals surface area contributed by atoms with E-state index in [2.05, 4.69) is 29.5 Å². The first-order valence-corrected chi connectivity index (χ1v) is 7.20. The zero-order valence-electron chi connectivity index (χ0n) is 12.0. The van der Waals surface area contributed by atoms with E-state index < -0.39 is 0 Å². The lowest BCUT2D eigenvalue weighted by Gasteiger charge is -2.34. The third-order valence-electron chi connectivity index (χ3n) is 4.14. The number of rotatable bonds is 1. The van der Waals surface area contributed by atoms with Crippen molar-refractivity contribution in [2.24, 2.45) is 5.92 Å². The van der Waals surface area contributed by atoms with Crippen LogP contribution in [-0.2, 0) is 0 Å². The van der Waals surface area contributed by atoms with Crippen LogP contribution in [-0.4, -0.2) is 18.1 Å². The minimum atomic E-state index is -0.348. The van der Waals surface area contributed by atoms with Gasteiger partial charge in [0.1, 0.15) is 0 Å². The lowest BCUT2D eigenvalue weighted by molar-refractivity contribution is 0.438. The first-order chi connectivity index (χ1) is 9.65. The van der Waals surface area contributed by atoms with Crippen molar-refractivity contribution in [3.63, 3.8) is 0 Å². The third kappa shape index (κ3) is 2.41. The molecular weight excluding hydrogens is 251 g/mol. The van der Waals surface area contributed by atoms with E-state index >= 15 is 0 Å². The number of anilines is 1. The SMILES string of the molecule is Cc1cnc2c(c1N1CCC(C)CC1)C=C=C(F)C=C2. The number of piperidine rings is 1. The molecule has 0 radical (unpaired) electrons. The molecule has 104 valence electrons. The van der Waals surface area contributed by atoms with Crippen LogP contribution in [0, 0.1) is 12.8 Å². The molecule has 0 unspecified atom stereocenters. The molecule has 2 heterocycles. The second kappa shape index (κ2) is 5.26. The van der Waals surface area contributed by atoms with Gasteiger partial charge in [-0.15, -0.1) is 0 Å². The minimum Gasteiger partial charge on any atom is -0.371 e. The van der Waals surface area contributed by atoms with E-state index in [1.165, 1.54) is 24.6 Å². The molecule has 1 fully saturated rings. The molecule has 0 aromatic carbocycles. The Morgan fingerprint density at radius 2 is 2.05 bits per heavy atom. The Bertz CT molecular complexity index is 616. The van der Waals surface area contributed by atoms with E-state index in [9.17, 15) is 4.39 Å². The normalized spacial score (nSPS) is 18.8. The van der Waals surface area contributed by atoms with E-state index in [4.69, 9.17) is 0 Å². The fourth-order valence-electron chi connectivity index (χ4n) is 2.90. The molecule has 0 spiro atoms. The van der Waals surface area contributed by atoms with Crippen LogP contribution >= 0.6 is 0 Å². The molecule has 1 aromatic rings. The smallest absolute Gasteiger partial charge is 0.165 e. The molecular formula is C17H19FN2. The summed E-state index contributed by atoms with van der Waals surface area (Å²) in [4.78, 5) is 6.83. The van der Waals surface area contributed by atoms with Crippen molar-refractivity contribution < 1.29 is 4.39 Å². The Kier molecular flexibility index (Phi) is 3.45. The highest BCUT2D eigenvalue weighted by molar-refractivity contribution is 5.78. The molecule has 1 aliphatic carbocycles. The first kappa shape index (κ1) is 13.1. The van der Waals surface area contributed by atoms with E-state index in [-0.39, 0.29) is 5.83 Å². The monoisotopic (exact) mass is 270 g/mol. The van der Waals surface area contributed by atoms with Crippen LogP contribution in [0.15, 0.2) is 23.8 Å². The van der Waals surface area contributed by atoms with Crippen LogP contribution in [0.25, 0.3) is 12.2 Å². The summed E-state index contributed by atoms with van der Waals surface area (Å²) < 4.78 is 13.4. The van der Waals surface area contributed by atoms with Gasteiger partial charge >= 0.3 is 0 Å². The summed E-state index contributed by atoms with van der Waals surface area (Å²) in [6.07, 6.45) is 9.19. The molecule has 0 bridgehead atoms. The number of nitrogens with zero attached hydrogens (tertiary/aromatic N) is 2. The second-order valence-corrected chi connectivity index (χ2v) is 5.73. The number of aryl methyl sites for hydroxylation is 1. The Labute approximate surface area is 119 Å². The number of allylic oxidation sites excluding steroid dienone is 2. The summed E-state index contributed by atoms with van der Waals surface area (Å²) in [5, 5.41) is 0. The minimum absolute atomic E-state index is 0.348. The second-order valence-electron chi connectivity index (χ2n) is 5.73. The number of hydrogen-bond donors (Lipinski definition) is 0. The summed E-state index contributed by atoms with van der Waals surface area (Å²) in [6, 6.07) is 0. The van der Waals surface area contributed by atoms with E-state index in [1.54, 1.807) is 12.2 Å². The molecule has 3 rings (SSSR count). The maximum atomic E-state index is 13.4. The van der Waals surface area contributed by atoms with Gasteiger partial charge in [0, 0.05) is 24.8 Å². The largest absolute Gasteiger partial charge is 0.371 e. The number of fused-ring (bicyclic) bond motifs is 1. The van der Waals surface area contributed by atoms with Gasteiger partial charge in [0.05, 0.1) is 11.4 Å². The Morgan fingerprint density at radius 1 is 1.30 bits per heavy atom. The topological polar surface area (TPSA) is 16.1 Å². The van der Waals surface area contributed by atoms with Crippen molar-refractivity contribution in [2.75, 3.05) is 18.0 Å². The molecule has 0 amide bonds. The highest BCUT2D eigenvalue weighted by Gasteiger charge is 2.21. The number of aromatic nitrogens is 1. The molecule has 0 atom stereocenters. The average Bonchev–Trinajstić information content (AvgIpc) is 2.63. The molecule has 1 aliphatic heterocycles. The van der Waals surface area contributed by atoms with Crippen molar-refractivity contribution >= 4 is 17.8 Å². The van der Waals surface area contributed by atoms with E-state index in [0.717, 1.165) is 35.8 Å². The molecule has 3 heteroatoms. The summed E-state index contributed by atoms with van der Waals surface area (Å²) in [5.74, 6) is 0.443. The molecule has 2 nitrogen and oxygen atoms in total.